The molecular weight excluding hydrogens is 304 g/mol. The molecule has 1 N–H and O–H groups in total. The Morgan fingerprint density at radius 3 is 2.67 bits per heavy atom. The number of ether oxygens (including phenoxy) is 2. The second-order valence-corrected chi connectivity index (χ2v) is 6.54. The third kappa shape index (κ3) is 5.35. The first kappa shape index (κ1) is 18.5. The molecule has 0 aliphatic carbocycles. The SMILES string of the molecule is CC(C)=CCO[C@@H]1CCOC[C@@H]1NC(=O)c1ccc(N(C)C)cc1. The van der Waals surface area contributed by atoms with Gasteiger partial charge in [-0.1, -0.05) is 11.6 Å². The molecule has 2 atom stereocenters. The zero-order valence-corrected chi connectivity index (χ0v) is 15.0. The molecule has 5 heteroatoms. The Morgan fingerprint density at radius 1 is 1.33 bits per heavy atom. The van der Waals surface area contributed by atoms with Crippen LogP contribution in [0.5, 0.6) is 0 Å². The number of carbonyl (C=O) groups excluding carboxylic acids is 1. The number of nitrogens with zero attached hydrogens (tertiary/aromatic N) is 1. The fraction of sp³-hybridized carbons (Fsp3) is 0.526. The lowest BCUT2D eigenvalue weighted by atomic mass is 10.1. The minimum Gasteiger partial charge on any atom is -0.379 e. The van der Waals surface area contributed by atoms with Crippen LogP contribution in [0.3, 0.4) is 0 Å². The minimum atomic E-state index is -0.120. The van der Waals surface area contributed by atoms with Crippen molar-refractivity contribution in [1.29, 1.82) is 0 Å². The Labute approximate surface area is 144 Å². The van der Waals surface area contributed by atoms with E-state index in [1.165, 1.54) is 5.57 Å². The Morgan fingerprint density at radius 2 is 2.04 bits per heavy atom. The largest absolute Gasteiger partial charge is 0.379 e. The molecule has 1 aliphatic rings. The third-order valence-corrected chi connectivity index (χ3v) is 4.06. The number of benzene rings is 1. The Balaban J connectivity index is 1.95. The third-order valence-electron chi connectivity index (χ3n) is 4.06. The topological polar surface area (TPSA) is 50.8 Å². The average Bonchev–Trinajstić information content (AvgIpc) is 2.56. The van der Waals surface area contributed by atoms with Crippen LogP contribution >= 0.6 is 0 Å². The summed E-state index contributed by atoms with van der Waals surface area (Å²) in [5.74, 6) is -0.0911. The van der Waals surface area contributed by atoms with Crippen molar-refractivity contribution in [3.63, 3.8) is 0 Å². The first-order valence-electron chi connectivity index (χ1n) is 8.38. The monoisotopic (exact) mass is 332 g/mol. The Kier molecular flexibility index (Phi) is 6.82. The molecule has 0 spiro atoms. The van der Waals surface area contributed by atoms with E-state index in [9.17, 15) is 4.79 Å². The van der Waals surface area contributed by atoms with Gasteiger partial charge in [0.15, 0.2) is 0 Å². The van der Waals surface area contributed by atoms with Gasteiger partial charge in [0.25, 0.3) is 5.91 Å². The maximum atomic E-state index is 12.5. The van der Waals surface area contributed by atoms with Crippen LogP contribution in [-0.2, 0) is 9.47 Å². The fourth-order valence-corrected chi connectivity index (χ4v) is 2.55. The van der Waals surface area contributed by atoms with Crippen molar-refractivity contribution in [2.75, 3.05) is 38.8 Å². The number of hydrogen-bond donors (Lipinski definition) is 1. The fourth-order valence-electron chi connectivity index (χ4n) is 2.55. The smallest absolute Gasteiger partial charge is 0.251 e. The summed E-state index contributed by atoms with van der Waals surface area (Å²) < 4.78 is 11.4. The van der Waals surface area contributed by atoms with Crippen LogP contribution in [0.25, 0.3) is 0 Å². The van der Waals surface area contributed by atoms with Gasteiger partial charge in [-0.25, -0.2) is 0 Å². The summed E-state index contributed by atoms with van der Waals surface area (Å²) in [4.78, 5) is 14.5. The highest BCUT2D eigenvalue weighted by molar-refractivity contribution is 5.94. The molecule has 0 aromatic heterocycles. The molecule has 0 unspecified atom stereocenters. The lowest BCUT2D eigenvalue weighted by molar-refractivity contribution is -0.0457. The Bertz CT molecular complexity index is 562. The summed E-state index contributed by atoms with van der Waals surface area (Å²) in [5, 5.41) is 3.05. The molecular formula is C19H28N2O3. The van der Waals surface area contributed by atoms with Gasteiger partial charge >= 0.3 is 0 Å². The van der Waals surface area contributed by atoms with Crippen molar-refractivity contribution in [3.8, 4) is 0 Å². The lowest BCUT2D eigenvalue weighted by Crippen LogP contribution is -2.50. The van der Waals surface area contributed by atoms with E-state index < -0.39 is 0 Å². The Hall–Kier alpha value is -1.85. The maximum absolute atomic E-state index is 12.5. The first-order valence-corrected chi connectivity index (χ1v) is 8.38. The number of amides is 1. The highest BCUT2D eigenvalue weighted by Gasteiger charge is 2.28. The average molecular weight is 332 g/mol. The van der Waals surface area contributed by atoms with E-state index in [0.29, 0.717) is 25.4 Å². The second-order valence-electron chi connectivity index (χ2n) is 6.54. The molecule has 1 aliphatic heterocycles. The summed E-state index contributed by atoms with van der Waals surface area (Å²) in [6, 6.07) is 7.44. The van der Waals surface area contributed by atoms with Crippen molar-refractivity contribution in [3.05, 3.63) is 41.5 Å². The van der Waals surface area contributed by atoms with E-state index in [0.717, 1.165) is 12.1 Å². The van der Waals surface area contributed by atoms with Gasteiger partial charge in [-0.05, 0) is 44.5 Å². The van der Waals surface area contributed by atoms with Gasteiger partial charge < -0.3 is 19.7 Å². The van der Waals surface area contributed by atoms with Crippen LogP contribution in [0.15, 0.2) is 35.9 Å². The molecule has 1 aromatic carbocycles. The van der Waals surface area contributed by atoms with Crippen molar-refractivity contribution >= 4 is 11.6 Å². The highest BCUT2D eigenvalue weighted by atomic mass is 16.5. The van der Waals surface area contributed by atoms with Gasteiger partial charge in [0.2, 0.25) is 0 Å². The number of carbonyl (C=O) groups is 1. The molecule has 1 aromatic rings. The van der Waals surface area contributed by atoms with Crippen molar-refractivity contribution in [2.45, 2.75) is 32.4 Å². The molecule has 1 amide bonds. The summed E-state index contributed by atoms with van der Waals surface area (Å²) in [5.41, 5.74) is 2.94. The normalized spacial score (nSPS) is 20.3. The number of rotatable bonds is 6. The number of nitrogens with one attached hydrogen (secondary N) is 1. The summed E-state index contributed by atoms with van der Waals surface area (Å²) >= 11 is 0. The second kappa shape index (κ2) is 8.85. The summed E-state index contributed by atoms with van der Waals surface area (Å²) in [6.45, 7) is 5.81. The van der Waals surface area contributed by atoms with Crippen LogP contribution < -0.4 is 10.2 Å². The number of anilines is 1. The molecule has 1 fully saturated rings. The molecule has 0 bridgehead atoms. The van der Waals surface area contributed by atoms with Gasteiger partial charge in [0, 0.05) is 32.0 Å². The molecule has 0 saturated carbocycles. The molecule has 2 rings (SSSR count). The van der Waals surface area contributed by atoms with Gasteiger partial charge in [0.1, 0.15) is 0 Å². The predicted molar refractivity (Wildman–Crippen MR) is 96.6 cm³/mol. The molecule has 0 radical (unpaired) electrons. The van der Waals surface area contributed by atoms with Crippen LogP contribution in [0, 0.1) is 0 Å². The summed E-state index contributed by atoms with van der Waals surface area (Å²) in [6.07, 6.45) is 2.83. The zero-order valence-electron chi connectivity index (χ0n) is 15.0. The first-order chi connectivity index (χ1) is 11.5. The maximum Gasteiger partial charge on any atom is 0.251 e. The van der Waals surface area contributed by atoms with Gasteiger partial charge in [0.05, 0.1) is 25.4 Å². The van der Waals surface area contributed by atoms with Gasteiger partial charge in [-0.3, -0.25) is 4.79 Å². The van der Waals surface area contributed by atoms with Gasteiger partial charge in [-0.2, -0.15) is 0 Å². The van der Waals surface area contributed by atoms with E-state index >= 15 is 0 Å². The predicted octanol–water partition coefficient (Wildman–Crippen LogP) is 2.62. The number of allylic oxidation sites excluding steroid dienone is 1. The molecule has 1 heterocycles. The molecule has 5 nitrogen and oxygen atoms in total. The van der Waals surface area contributed by atoms with Crippen molar-refractivity contribution in [2.24, 2.45) is 0 Å². The minimum absolute atomic E-state index is 0.0145. The van der Waals surface area contributed by atoms with Gasteiger partial charge in [-0.15, -0.1) is 0 Å². The van der Waals surface area contributed by atoms with Crippen LogP contribution in [0.4, 0.5) is 5.69 Å². The molecule has 1 saturated heterocycles. The highest BCUT2D eigenvalue weighted by Crippen LogP contribution is 2.15. The van der Waals surface area contributed by atoms with E-state index in [4.69, 9.17) is 9.47 Å². The zero-order chi connectivity index (χ0) is 17.5. The number of hydrogen-bond acceptors (Lipinski definition) is 4. The quantitative estimate of drug-likeness (QED) is 0.814. The van der Waals surface area contributed by atoms with E-state index in [1.807, 2.05) is 63.2 Å². The van der Waals surface area contributed by atoms with Crippen LogP contribution in [0.1, 0.15) is 30.6 Å². The standard InChI is InChI=1S/C19H28N2O3/c1-14(2)9-12-24-18-10-11-23-13-17(18)20-19(22)15-5-7-16(8-6-15)21(3)4/h5-9,17-18H,10-13H2,1-4H3,(H,20,22)/t17-,18+/m0/s1. The summed E-state index contributed by atoms with van der Waals surface area (Å²) in [7, 11) is 3.95. The van der Waals surface area contributed by atoms with Crippen LogP contribution in [0.2, 0.25) is 0 Å². The van der Waals surface area contributed by atoms with Crippen LogP contribution in [-0.4, -0.2) is 52.0 Å². The van der Waals surface area contributed by atoms with E-state index in [-0.39, 0.29) is 18.1 Å². The molecule has 24 heavy (non-hydrogen) atoms. The lowest BCUT2D eigenvalue weighted by Gasteiger charge is -2.32. The molecule has 132 valence electrons. The van der Waals surface area contributed by atoms with Crippen molar-refractivity contribution < 1.29 is 14.3 Å². The van der Waals surface area contributed by atoms with E-state index in [1.54, 1.807) is 0 Å². The van der Waals surface area contributed by atoms with Crippen molar-refractivity contribution in [1.82, 2.24) is 5.32 Å². The van der Waals surface area contributed by atoms with E-state index in [2.05, 4.69) is 5.32 Å².